The molecule has 5 heteroatoms. The fourth-order valence-corrected chi connectivity index (χ4v) is 4.81. The highest BCUT2D eigenvalue weighted by Gasteiger charge is 2.21. The third-order valence-electron chi connectivity index (χ3n) is 7.11. The summed E-state index contributed by atoms with van der Waals surface area (Å²) in [5, 5.41) is 10.7. The minimum absolute atomic E-state index is 0.0645. The van der Waals surface area contributed by atoms with E-state index in [2.05, 4.69) is 41.8 Å². The molecule has 0 aromatic heterocycles. The highest BCUT2D eigenvalue weighted by Crippen LogP contribution is 2.25. The number of hydrogen-bond acceptors (Lipinski definition) is 5. The maximum atomic E-state index is 13.0. The van der Waals surface area contributed by atoms with Gasteiger partial charge < -0.3 is 14.7 Å². The summed E-state index contributed by atoms with van der Waals surface area (Å²) in [5.41, 5.74) is 6.73. The number of hydrogen-bond donors (Lipinski definition) is 1. The van der Waals surface area contributed by atoms with Crippen LogP contribution in [0.5, 0.6) is 5.75 Å². The maximum Gasteiger partial charge on any atom is 0.166 e. The lowest BCUT2D eigenvalue weighted by Crippen LogP contribution is -2.49. The highest BCUT2D eigenvalue weighted by atomic mass is 16.5. The van der Waals surface area contributed by atoms with Gasteiger partial charge in [-0.05, 0) is 62.1 Å². The number of aryl methyl sites for hydroxylation is 3. The van der Waals surface area contributed by atoms with Gasteiger partial charge in [0.15, 0.2) is 5.78 Å². The van der Waals surface area contributed by atoms with Crippen molar-refractivity contribution in [2.45, 2.75) is 39.7 Å². The van der Waals surface area contributed by atoms with Crippen LogP contribution < -0.4 is 9.64 Å². The van der Waals surface area contributed by atoms with Crippen molar-refractivity contribution in [3.63, 3.8) is 0 Å². The summed E-state index contributed by atoms with van der Waals surface area (Å²) < 4.78 is 5.98. The molecule has 0 aliphatic carbocycles. The van der Waals surface area contributed by atoms with Crippen molar-refractivity contribution in [2.75, 3.05) is 44.2 Å². The Morgan fingerprint density at radius 3 is 2.44 bits per heavy atom. The lowest BCUT2D eigenvalue weighted by molar-refractivity contribution is 0.0655. The first kappa shape index (κ1) is 25.9. The van der Waals surface area contributed by atoms with Crippen LogP contribution >= 0.6 is 0 Å². The standard InChI is InChI=1S/C31H38N2O3/c1-23-12-15-31(28(20-23)30(35)14-13-26-9-5-4-6-10-26)36-22-27(34)21-32-16-18-33(19-17-32)29-11-7-8-24(2)25(29)3/h4-12,15,20,27,34H,13-14,16-19,21-22H2,1-3H3/t27-/m1/s1. The summed E-state index contributed by atoms with van der Waals surface area (Å²) in [4.78, 5) is 17.7. The largest absolute Gasteiger partial charge is 0.490 e. The van der Waals surface area contributed by atoms with Crippen LogP contribution in [0.3, 0.4) is 0 Å². The van der Waals surface area contributed by atoms with E-state index in [4.69, 9.17) is 4.74 Å². The van der Waals surface area contributed by atoms with Crippen LogP contribution in [0.25, 0.3) is 0 Å². The quantitative estimate of drug-likeness (QED) is 0.409. The van der Waals surface area contributed by atoms with Gasteiger partial charge in [-0.15, -0.1) is 0 Å². The first-order valence-corrected chi connectivity index (χ1v) is 12.9. The van der Waals surface area contributed by atoms with Crippen molar-refractivity contribution in [2.24, 2.45) is 0 Å². The van der Waals surface area contributed by atoms with Gasteiger partial charge in [0.05, 0.1) is 5.56 Å². The van der Waals surface area contributed by atoms with Gasteiger partial charge in [0, 0.05) is 44.8 Å². The number of ether oxygens (including phenoxy) is 1. The Balaban J connectivity index is 1.28. The highest BCUT2D eigenvalue weighted by molar-refractivity contribution is 5.99. The number of piperazine rings is 1. The van der Waals surface area contributed by atoms with Crippen LogP contribution in [0.15, 0.2) is 66.7 Å². The Bertz CT molecular complexity index is 1150. The average Bonchev–Trinajstić information content (AvgIpc) is 2.89. The molecule has 190 valence electrons. The van der Waals surface area contributed by atoms with Crippen molar-refractivity contribution in [3.05, 3.63) is 94.5 Å². The van der Waals surface area contributed by atoms with Gasteiger partial charge in [-0.25, -0.2) is 0 Å². The molecule has 1 saturated heterocycles. The smallest absolute Gasteiger partial charge is 0.166 e. The van der Waals surface area contributed by atoms with E-state index in [-0.39, 0.29) is 12.4 Å². The molecule has 0 bridgehead atoms. The number of carbonyl (C=O) groups excluding carboxylic acids is 1. The van der Waals surface area contributed by atoms with Crippen LogP contribution in [0.4, 0.5) is 5.69 Å². The molecule has 0 saturated carbocycles. The molecule has 0 unspecified atom stereocenters. The predicted molar refractivity (Wildman–Crippen MR) is 146 cm³/mol. The fourth-order valence-electron chi connectivity index (χ4n) is 4.81. The van der Waals surface area contributed by atoms with E-state index >= 15 is 0 Å². The Kier molecular flexibility index (Phi) is 8.79. The number of aliphatic hydroxyl groups excluding tert-OH is 1. The molecule has 5 nitrogen and oxygen atoms in total. The molecule has 1 fully saturated rings. The zero-order chi connectivity index (χ0) is 25.5. The van der Waals surface area contributed by atoms with Gasteiger partial charge in [-0.2, -0.15) is 0 Å². The molecule has 4 rings (SSSR count). The normalized spacial score (nSPS) is 15.1. The van der Waals surface area contributed by atoms with E-state index < -0.39 is 6.10 Å². The molecule has 0 amide bonds. The van der Waals surface area contributed by atoms with Crippen molar-refractivity contribution >= 4 is 11.5 Å². The minimum Gasteiger partial charge on any atom is -0.490 e. The summed E-state index contributed by atoms with van der Waals surface area (Å²) in [7, 11) is 0. The average molecular weight is 487 g/mol. The van der Waals surface area contributed by atoms with Gasteiger partial charge in [-0.3, -0.25) is 9.69 Å². The summed E-state index contributed by atoms with van der Waals surface area (Å²) >= 11 is 0. The van der Waals surface area contributed by atoms with Crippen molar-refractivity contribution in [1.82, 2.24) is 4.90 Å². The molecule has 1 N–H and O–H groups in total. The predicted octanol–water partition coefficient (Wildman–Crippen LogP) is 4.99. The van der Waals surface area contributed by atoms with Crippen molar-refractivity contribution < 1.29 is 14.6 Å². The number of Topliss-reactive ketones (excluding diaryl/α,β-unsaturated/α-hetero) is 1. The van der Waals surface area contributed by atoms with Gasteiger partial charge in [0.1, 0.15) is 18.5 Å². The third-order valence-corrected chi connectivity index (χ3v) is 7.11. The van der Waals surface area contributed by atoms with Crippen molar-refractivity contribution in [3.8, 4) is 5.75 Å². The van der Waals surface area contributed by atoms with Gasteiger partial charge in [0.2, 0.25) is 0 Å². The molecule has 1 aliphatic rings. The van der Waals surface area contributed by atoms with E-state index in [0.29, 0.717) is 30.7 Å². The van der Waals surface area contributed by atoms with E-state index in [9.17, 15) is 9.90 Å². The van der Waals surface area contributed by atoms with Gasteiger partial charge in [-0.1, -0.05) is 54.1 Å². The summed E-state index contributed by atoms with van der Waals surface area (Å²) in [5.74, 6) is 0.618. The Labute approximate surface area is 215 Å². The molecule has 3 aromatic carbocycles. The number of carbonyl (C=O) groups is 1. The molecule has 36 heavy (non-hydrogen) atoms. The number of ketones is 1. The van der Waals surface area contributed by atoms with Crippen LogP contribution in [0, 0.1) is 20.8 Å². The lowest BCUT2D eigenvalue weighted by Gasteiger charge is -2.37. The second-order valence-corrected chi connectivity index (χ2v) is 9.88. The van der Waals surface area contributed by atoms with E-state index in [1.165, 1.54) is 16.8 Å². The molecule has 1 aliphatic heterocycles. The molecule has 1 atom stereocenters. The fraction of sp³-hybridized carbons (Fsp3) is 0.387. The van der Waals surface area contributed by atoms with Gasteiger partial charge >= 0.3 is 0 Å². The van der Waals surface area contributed by atoms with Crippen LogP contribution in [-0.4, -0.2) is 61.2 Å². The molecular weight excluding hydrogens is 448 g/mol. The van der Waals surface area contributed by atoms with E-state index in [1.807, 2.05) is 55.5 Å². The number of benzene rings is 3. The molecule has 3 aromatic rings. The second-order valence-electron chi connectivity index (χ2n) is 9.88. The van der Waals surface area contributed by atoms with Crippen molar-refractivity contribution in [1.29, 1.82) is 0 Å². The number of anilines is 1. The van der Waals surface area contributed by atoms with Crippen LogP contribution in [0.2, 0.25) is 0 Å². The van der Waals surface area contributed by atoms with E-state index in [1.54, 1.807) is 0 Å². The second kappa shape index (κ2) is 12.2. The Morgan fingerprint density at radius 1 is 0.944 bits per heavy atom. The monoisotopic (exact) mass is 486 g/mol. The number of aliphatic hydroxyl groups is 1. The number of nitrogens with zero attached hydrogens (tertiary/aromatic N) is 2. The lowest BCUT2D eigenvalue weighted by atomic mass is 10.0. The molecule has 0 radical (unpaired) electrons. The first-order valence-electron chi connectivity index (χ1n) is 12.9. The summed E-state index contributed by atoms with van der Waals surface area (Å²) in [6, 6.07) is 22.2. The maximum absolute atomic E-state index is 13.0. The van der Waals surface area contributed by atoms with Crippen LogP contribution in [-0.2, 0) is 6.42 Å². The Hall–Kier alpha value is -3.15. The van der Waals surface area contributed by atoms with Crippen LogP contribution in [0.1, 0.15) is 39.0 Å². The summed E-state index contributed by atoms with van der Waals surface area (Å²) in [6.07, 6.45) is 0.506. The Morgan fingerprint density at radius 2 is 1.69 bits per heavy atom. The SMILES string of the molecule is Cc1ccc(OC[C@H](O)CN2CCN(c3cccc(C)c3C)CC2)c(C(=O)CCc2ccccc2)c1. The third kappa shape index (κ3) is 6.74. The molecule has 1 heterocycles. The zero-order valence-corrected chi connectivity index (χ0v) is 21.7. The van der Waals surface area contributed by atoms with E-state index in [0.717, 1.165) is 37.3 Å². The summed E-state index contributed by atoms with van der Waals surface area (Å²) in [6.45, 7) is 10.7. The molecular formula is C31H38N2O3. The number of β-amino-alcohol motifs (C(OH)–C–C–N with tert-alkyl or cyclic N) is 1. The number of rotatable bonds is 10. The van der Waals surface area contributed by atoms with Gasteiger partial charge in [0.25, 0.3) is 0 Å². The first-order chi connectivity index (χ1) is 17.4. The minimum atomic E-state index is -0.620. The topological polar surface area (TPSA) is 53.0 Å². The molecule has 0 spiro atoms. The zero-order valence-electron chi connectivity index (χ0n) is 21.7.